The highest BCUT2D eigenvalue weighted by molar-refractivity contribution is 7.86. The lowest BCUT2D eigenvalue weighted by Crippen LogP contribution is -2.45. The Kier molecular flexibility index (Phi) is 5.11. The Labute approximate surface area is 147 Å². The summed E-state index contributed by atoms with van der Waals surface area (Å²) in [5.41, 5.74) is 1.46. The van der Waals surface area contributed by atoms with Gasteiger partial charge in [-0.3, -0.25) is 0 Å². The second-order valence-electron chi connectivity index (χ2n) is 6.17. The van der Waals surface area contributed by atoms with Crippen LogP contribution in [0.25, 0.3) is 11.4 Å². The molecule has 1 saturated heterocycles. The van der Waals surface area contributed by atoms with Crippen LogP contribution in [0.4, 0.5) is 0 Å². The molecule has 2 aromatic rings. The predicted octanol–water partition coefficient (Wildman–Crippen LogP) is 1.07. The molecule has 0 aliphatic carbocycles. The molecule has 0 saturated carbocycles. The van der Waals surface area contributed by atoms with E-state index in [1.54, 1.807) is 20.3 Å². The minimum absolute atomic E-state index is 0.0370. The number of hydrogen-bond donors (Lipinski definition) is 0. The molecule has 2 aromatic heterocycles. The molecule has 3 heterocycles. The molecule has 0 N–H and O–H groups in total. The number of aryl methyl sites for hydroxylation is 1. The predicted molar refractivity (Wildman–Crippen MR) is 90.9 cm³/mol. The SMILES string of the molecule is CCc1nc(-c2cncnc2[C@H]2CCCN(S(=O)(=O)N(C)C)C2)no1. The number of nitrogens with zero attached hydrogens (tertiary/aromatic N) is 6. The van der Waals surface area contributed by atoms with Gasteiger partial charge in [0.1, 0.15) is 6.33 Å². The Morgan fingerprint density at radius 2 is 2.20 bits per heavy atom. The lowest BCUT2D eigenvalue weighted by atomic mass is 9.93. The van der Waals surface area contributed by atoms with Crippen LogP contribution >= 0.6 is 0 Å². The first-order valence-corrected chi connectivity index (χ1v) is 9.63. The summed E-state index contributed by atoms with van der Waals surface area (Å²) in [4.78, 5) is 12.8. The van der Waals surface area contributed by atoms with E-state index in [-0.39, 0.29) is 5.92 Å². The van der Waals surface area contributed by atoms with Crippen molar-refractivity contribution in [1.29, 1.82) is 0 Å². The maximum absolute atomic E-state index is 12.4. The van der Waals surface area contributed by atoms with E-state index in [1.807, 2.05) is 6.92 Å². The molecule has 0 amide bonds. The molecule has 1 fully saturated rings. The van der Waals surface area contributed by atoms with Crippen LogP contribution in [0.2, 0.25) is 0 Å². The molecule has 136 valence electrons. The molecule has 1 aliphatic heterocycles. The number of piperidine rings is 1. The molecule has 9 nitrogen and oxygen atoms in total. The highest BCUT2D eigenvalue weighted by Crippen LogP contribution is 2.32. The van der Waals surface area contributed by atoms with E-state index in [9.17, 15) is 8.42 Å². The van der Waals surface area contributed by atoms with Crippen molar-refractivity contribution < 1.29 is 12.9 Å². The molecule has 25 heavy (non-hydrogen) atoms. The van der Waals surface area contributed by atoms with Gasteiger partial charge in [-0.2, -0.15) is 22.0 Å². The zero-order valence-corrected chi connectivity index (χ0v) is 15.4. The fourth-order valence-electron chi connectivity index (χ4n) is 2.95. The molecule has 0 aromatic carbocycles. The molecule has 1 aliphatic rings. The van der Waals surface area contributed by atoms with Gasteiger partial charge in [-0.05, 0) is 12.8 Å². The zero-order chi connectivity index (χ0) is 18.0. The molecule has 0 radical (unpaired) electrons. The van der Waals surface area contributed by atoms with Gasteiger partial charge in [-0.15, -0.1) is 0 Å². The molecule has 0 bridgehead atoms. The van der Waals surface area contributed by atoms with E-state index in [0.717, 1.165) is 18.5 Å². The third-order valence-electron chi connectivity index (χ3n) is 4.31. The largest absolute Gasteiger partial charge is 0.339 e. The standard InChI is InChI=1S/C15H22N6O3S/c1-4-13-18-15(19-24-13)12-8-16-10-17-14(12)11-6-5-7-21(9-11)25(22,23)20(2)3/h8,10-11H,4-7,9H2,1-3H3/t11-/m0/s1. The second kappa shape index (κ2) is 7.14. The minimum Gasteiger partial charge on any atom is -0.339 e. The lowest BCUT2D eigenvalue weighted by molar-refractivity contribution is 0.296. The highest BCUT2D eigenvalue weighted by Gasteiger charge is 2.33. The molecule has 0 spiro atoms. The van der Waals surface area contributed by atoms with Gasteiger partial charge in [-0.25, -0.2) is 9.97 Å². The summed E-state index contributed by atoms with van der Waals surface area (Å²) < 4.78 is 32.8. The van der Waals surface area contributed by atoms with E-state index in [4.69, 9.17) is 4.52 Å². The lowest BCUT2D eigenvalue weighted by Gasteiger charge is -2.33. The van der Waals surface area contributed by atoms with Crippen LogP contribution < -0.4 is 0 Å². The van der Waals surface area contributed by atoms with Gasteiger partial charge in [-0.1, -0.05) is 12.1 Å². The monoisotopic (exact) mass is 366 g/mol. The molecule has 0 unspecified atom stereocenters. The van der Waals surface area contributed by atoms with Crippen molar-refractivity contribution in [2.45, 2.75) is 32.1 Å². The van der Waals surface area contributed by atoms with Crippen molar-refractivity contribution >= 4 is 10.2 Å². The van der Waals surface area contributed by atoms with Crippen molar-refractivity contribution in [2.24, 2.45) is 0 Å². The van der Waals surface area contributed by atoms with Crippen molar-refractivity contribution in [3.05, 3.63) is 24.1 Å². The molecule has 3 rings (SSSR count). The van der Waals surface area contributed by atoms with Crippen LogP contribution in [0, 0.1) is 0 Å². The quantitative estimate of drug-likeness (QED) is 0.779. The Hall–Kier alpha value is -1.91. The van der Waals surface area contributed by atoms with Crippen LogP contribution in [-0.2, 0) is 16.6 Å². The maximum atomic E-state index is 12.4. The van der Waals surface area contributed by atoms with Crippen LogP contribution in [0.15, 0.2) is 17.0 Å². The average molecular weight is 366 g/mol. The number of hydrogen-bond acceptors (Lipinski definition) is 7. The number of rotatable bonds is 5. The maximum Gasteiger partial charge on any atom is 0.281 e. The van der Waals surface area contributed by atoms with Crippen molar-refractivity contribution in [2.75, 3.05) is 27.2 Å². The van der Waals surface area contributed by atoms with Crippen LogP contribution in [0.3, 0.4) is 0 Å². The summed E-state index contributed by atoms with van der Waals surface area (Å²) in [6, 6.07) is 0. The topological polar surface area (TPSA) is 105 Å². The summed E-state index contributed by atoms with van der Waals surface area (Å²) in [6.45, 7) is 2.83. The summed E-state index contributed by atoms with van der Waals surface area (Å²) in [5.74, 6) is 0.954. The first-order valence-electron chi connectivity index (χ1n) is 8.24. The smallest absolute Gasteiger partial charge is 0.281 e. The molecular weight excluding hydrogens is 344 g/mol. The van der Waals surface area contributed by atoms with Crippen molar-refractivity contribution in [1.82, 2.24) is 28.7 Å². The van der Waals surface area contributed by atoms with E-state index in [1.165, 1.54) is 14.9 Å². The van der Waals surface area contributed by atoms with Gasteiger partial charge in [0.15, 0.2) is 0 Å². The van der Waals surface area contributed by atoms with Crippen molar-refractivity contribution in [3.63, 3.8) is 0 Å². The Morgan fingerprint density at radius 1 is 1.40 bits per heavy atom. The second-order valence-corrected chi connectivity index (χ2v) is 8.32. The fraction of sp³-hybridized carbons (Fsp3) is 0.600. The first-order chi connectivity index (χ1) is 11.9. The third-order valence-corrected chi connectivity index (χ3v) is 6.22. The normalized spacial score (nSPS) is 19.4. The fourth-order valence-corrected chi connectivity index (χ4v) is 4.14. The average Bonchev–Trinajstić information content (AvgIpc) is 3.11. The van der Waals surface area contributed by atoms with Gasteiger partial charge in [0.25, 0.3) is 10.2 Å². The van der Waals surface area contributed by atoms with Gasteiger partial charge >= 0.3 is 0 Å². The Bertz CT molecular complexity index is 835. The van der Waals surface area contributed by atoms with Crippen molar-refractivity contribution in [3.8, 4) is 11.4 Å². The third kappa shape index (κ3) is 3.55. The van der Waals surface area contributed by atoms with E-state index in [2.05, 4.69) is 20.1 Å². The number of aromatic nitrogens is 4. The van der Waals surface area contributed by atoms with Gasteiger partial charge < -0.3 is 4.52 Å². The summed E-state index contributed by atoms with van der Waals surface area (Å²) in [6.07, 6.45) is 5.40. The highest BCUT2D eigenvalue weighted by atomic mass is 32.2. The Morgan fingerprint density at radius 3 is 2.88 bits per heavy atom. The van der Waals surface area contributed by atoms with Crippen LogP contribution in [-0.4, -0.2) is 64.3 Å². The van der Waals surface area contributed by atoms with Gasteiger partial charge in [0, 0.05) is 45.7 Å². The summed E-state index contributed by atoms with van der Waals surface area (Å²) in [5, 5.41) is 4.00. The van der Waals surface area contributed by atoms with Crippen LogP contribution in [0.1, 0.15) is 37.3 Å². The van der Waals surface area contributed by atoms with Crippen LogP contribution in [0.5, 0.6) is 0 Å². The summed E-state index contributed by atoms with van der Waals surface area (Å²) >= 11 is 0. The first kappa shape index (κ1) is 17.9. The van der Waals surface area contributed by atoms with E-state index in [0.29, 0.717) is 36.8 Å². The molecular formula is C15H22N6O3S. The van der Waals surface area contributed by atoms with Gasteiger partial charge in [0.2, 0.25) is 11.7 Å². The summed E-state index contributed by atoms with van der Waals surface area (Å²) in [7, 11) is -0.360. The van der Waals surface area contributed by atoms with Gasteiger partial charge in [0.05, 0.1) is 11.3 Å². The molecule has 10 heteroatoms. The van der Waals surface area contributed by atoms with E-state index >= 15 is 0 Å². The zero-order valence-electron chi connectivity index (χ0n) is 14.6. The Balaban J connectivity index is 1.92. The molecule has 1 atom stereocenters. The van der Waals surface area contributed by atoms with E-state index < -0.39 is 10.2 Å². The minimum atomic E-state index is -3.44.